The van der Waals surface area contributed by atoms with E-state index >= 15 is 0 Å². The molecule has 1 aromatic carbocycles. The summed E-state index contributed by atoms with van der Waals surface area (Å²) in [6, 6.07) is 8.67. The maximum absolute atomic E-state index is 13.1. The van der Waals surface area contributed by atoms with Crippen LogP contribution in [0.25, 0.3) is 0 Å². The summed E-state index contributed by atoms with van der Waals surface area (Å²) in [5.74, 6) is 0.260. The van der Waals surface area contributed by atoms with E-state index < -0.39 is 10.0 Å². The lowest BCUT2D eigenvalue weighted by Crippen LogP contribution is -2.50. The molecule has 0 saturated carbocycles. The fraction of sp³-hybridized carbons (Fsp3) is 0.381. The highest BCUT2D eigenvalue weighted by Crippen LogP contribution is 2.24. The van der Waals surface area contributed by atoms with Crippen LogP contribution in [0.15, 0.2) is 47.6 Å². The quantitative estimate of drug-likeness (QED) is 0.501. The molecule has 12 heteroatoms. The van der Waals surface area contributed by atoms with Crippen molar-refractivity contribution in [3.63, 3.8) is 0 Å². The molecule has 0 N–H and O–H groups in total. The van der Waals surface area contributed by atoms with Gasteiger partial charge in [-0.1, -0.05) is 23.7 Å². The van der Waals surface area contributed by atoms with E-state index in [9.17, 15) is 13.2 Å². The minimum atomic E-state index is -3.67. The second kappa shape index (κ2) is 9.54. The lowest BCUT2D eigenvalue weighted by molar-refractivity contribution is 0.0675. The molecule has 176 valence electrons. The smallest absolute Gasteiger partial charge is 0.272 e. The number of aromatic nitrogens is 4. The molecule has 0 atom stereocenters. The zero-order valence-corrected chi connectivity index (χ0v) is 20.0. The SMILES string of the molecule is CCn1cc(S(=O)(=O)N2CCN(C(=O)c3ccnn3COc3ccccc3Cl)CC2)c(C)n1. The Morgan fingerprint density at radius 1 is 1.15 bits per heavy atom. The Labute approximate surface area is 197 Å². The Morgan fingerprint density at radius 3 is 2.55 bits per heavy atom. The maximum atomic E-state index is 13.1. The van der Waals surface area contributed by atoms with Crippen molar-refractivity contribution >= 4 is 27.5 Å². The molecule has 1 fully saturated rings. The van der Waals surface area contributed by atoms with E-state index in [0.717, 1.165) is 0 Å². The van der Waals surface area contributed by atoms with Crippen LogP contribution in [0.5, 0.6) is 5.75 Å². The van der Waals surface area contributed by atoms with Gasteiger partial charge in [-0.2, -0.15) is 14.5 Å². The van der Waals surface area contributed by atoms with Gasteiger partial charge in [-0.15, -0.1) is 0 Å². The molecule has 33 heavy (non-hydrogen) atoms. The third-order valence-corrected chi connectivity index (χ3v) is 7.80. The molecular formula is C21H25ClN6O4S. The predicted octanol–water partition coefficient (Wildman–Crippen LogP) is 2.24. The van der Waals surface area contributed by atoms with Gasteiger partial charge in [-0.05, 0) is 32.0 Å². The van der Waals surface area contributed by atoms with Gasteiger partial charge in [0, 0.05) is 45.1 Å². The van der Waals surface area contributed by atoms with Crippen LogP contribution >= 0.6 is 11.6 Å². The van der Waals surface area contributed by atoms with Gasteiger partial charge in [0.2, 0.25) is 10.0 Å². The van der Waals surface area contributed by atoms with Crippen LogP contribution in [0.2, 0.25) is 5.02 Å². The molecule has 1 amide bonds. The van der Waals surface area contributed by atoms with E-state index in [2.05, 4.69) is 10.2 Å². The van der Waals surface area contributed by atoms with Gasteiger partial charge in [0.15, 0.2) is 6.73 Å². The molecule has 0 spiro atoms. The van der Waals surface area contributed by atoms with Crippen molar-refractivity contribution in [3.8, 4) is 5.75 Å². The number of amides is 1. The largest absolute Gasteiger partial charge is 0.470 e. The molecule has 0 radical (unpaired) electrons. The Hall–Kier alpha value is -2.89. The molecular weight excluding hydrogens is 468 g/mol. The Bertz CT molecular complexity index is 1250. The zero-order valence-electron chi connectivity index (χ0n) is 18.4. The second-order valence-corrected chi connectivity index (χ2v) is 9.86. The highest BCUT2D eigenvalue weighted by Gasteiger charge is 2.33. The number of nitrogens with zero attached hydrogens (tertiary/aromatic N) is 6. The summed E-state index contributed by atoms with van der Waals surface area (Å²) in [4.78, 5) is 14.9. The summed E-state index contributed by atoms with van der Waals surface area (Å²) >= 11 is 6.11. The van der Waals surface area contributed by atoms with E-state index in [1.54, 1.807) is 53.0 Å². The van der Waals surface area contributed by atoms with Crippen LogP contribution < -0.4 is 4.74 Å². The summed E-state index contributed by atoms with van der Waals surface area (Å²) in [7, 11) is -3.67. The van der Waals surface area contributed by atoms with Gasteiger partial charge >= 0.3 is 0 Å². The number of piperazine rings is 1. The number of hydrogen-bond acceptors (Lipinski definition) is 6. The lowest BCUT2D eigenvalue weighted by atomic mass is 10.3. The van der Waals surface area contributed by atoms with Crippen molar-refractivity contribution < 1.29 is 17.9 Å². The molecule has 0 unspecified atom stereocenters. The van der Waals surface area contributed by atoms with Gasteiger partial charge < -0.3 is 9.64 Å². The molecule has 0 aliphatic carbocycles. The van der Waals surface area contributed by atoms with Crippen LogP contribution in [0.1, 0.15) is 23.1 Å². The van der Waals surface area contributed by atoms with Crippen molar-refractivity contribution in [2.45, 2.75) is 32.0 Å². The number of rotatable bonds is 7. The van der Waals surface area contributed by atoms with Gasteiger partial charge in [0.25, 0.3) is 5.91 Å². The number of carbonyl (C=O) groups is 1. The first-order valence-electron chi connectivity index (χ1n) is 10.5. The van der Waals surface area contributed by atoms with Gasteiger partial charge in [0.05, 0.1) is 10.7 Å². The molecule has 10 nitrogen and oxygen atoms in total. The molecule has 0 bridgehead atoms. The molecule has 3 aromatic rings. The number of sulfonamides is 1. The summed E-state index contributed by atoms with van der Waals surface area (Å²) in [6.45, 7) is 5.15. The topological polar surface area (TPSA) is 103 Å². The van der Waals surface area contributed by atoms with Crippen LogP contribution in [-0.2, 0) is 23.3 Å². The zero-order chi connectivity index (χ0) is 23.6. The molecule has 1 aliphatic heterocycles. The van der Waals surface area contributed by atoms with Crippen LogP contribution in [0.4, 0.5) is 0 Å². The van der Waals surface area contributed by atoms with Crippen molar-refractivity contribution in [1.82, 2.24) is 28.8 Å². The third-order valence-electron chi connectivity index (χ3n) is 5.48. The molecule has 4 rings (SSSR count). The summed E-state index contributed by atoms with van der Waals surface area (Å²) in [5, 5.41) is 8.88. The Kier molecular flexibility index (Phi) is 6.73. The van der Waals surface area contributed by atoms with Crippen LogP contribution in [-0.4, -0.2) is 69.3 Å². The van der Waals surface area contributed by atoms with Gasteiger partial charge in [-0.3, -0.25) is 9.48 Å². The van der Waals surface area contributed by atoms with Gasteiger partial charge in [-0.25, -0.2) is 13.1 Å². The van der Waals surface area contributed by atoms with E-state index in [1.165, 1.54) is 15.2 Å². The third kappa shape index (κ3) is 4.75. The molecule has 1 saturated heterocycles. The summed E-state index contributed by atoms with van der Waals surface area (Å²) < 4.78 is 36.3. The van der Waals surface area contributed by atoms with Gasteiger partial charge in [0.1, 0.15) is 16.3 Å². The van der Waals surface area contributed by atoms with Crippen molar-refractivity contribution in [3.05, 3.63) is 59.1 Å². The fourth-order valence-corrected chi connectivity index (χ4v) is 5.44. The first kappa shape index (κ1) is 23.3. The van der Waals surface area contributed by atoms with E-state index in [1.807, 2.05) is 6.92 Å². The first-order chi connectivity index (χ1) is 15.8. The number of halogens is 1. The van der Waals surface area contributed by atoms with Crippen LogP contribution in [0.3, 0.4) is 0 Å². The average molecular weight is 493 g/mol. The predicted molar refractivity (Wildman–Crippen MR) is 122 cm³/mol. The standard InChI is InChI=1S/C21H25ClN6O4S/c1-3-26-14-20(16(2)24-26)33(30,31)27-12-10-25(11-13-27)21(29)18-8-9-23-28(18)15-32-19-7-5-4-6-17(19)22/h4-9,14H,3,10-13,15H2,1-2H3. The fourth-order valence-electron chi connectivity index (χ4n) is 3.66. The average Bonchev–Trinajstić information content (AvgIpc) is 3.44. The minimum Gasteiger partial charge on any atom is -0.470 e. The van der Waals surface area contributed by atoms with Crippen molar-refractivity contribution in [1.29, 1.82) is 0 Å². The second-order valence-electron chi connectivity index (χ2n) is 7.55. The van der Waals surface area contributed by atoms with Crippen molar-refractivity contribution in [2.24, 2.45) is 0 Å². The number of carbonyl (C=O) groups excluding carboxylic acids is 1. The molecule has 1 aliphatic rings. The number of aryl methyl sites for hydroxylation is 2. The number of ether oxygens (including phenoxy) is 1. The number of benzene rings is 1. The first-order valence-corrected chi connectivity index (χ1v) is 12.4. The lowest BCUT2D eigenvalue weighted by Gasteiger charge is -2.33. The summed E-state index contributed by atoms with van der Waals surface area (Å²) in [5.41, 5.74) is 0.830. The molecule has 2 aromatic heterocycles. The van der Waals surface area contributed by atoms with Crippen molar-refractivity contribution in [2.75, 3.05) is 26.2 Å². The van der Waals surface area contributed by atoms with Crippen LogP contribution in [0, 0.1) is 6.92 Å². The minimum absolute atomic E-state index is 0.0207. The monoisotopic (exact) mass is 492 g/mol. The molecule has 3 heterocycles. The number of hydrogen-bond donors (Lipinski definition) is 0. The normalized spacial score (nSPS) is 15.1. The van der Waals surface area contributed by atoms with E-state index in [4.69, 9.17) is 16.3 Å². The maximum Gasteiger partial charge on any atom is 0.272 e. The van der Waals surface area contributed by atoms with E-state index in [0.29, 0.717) is 28.7 Å². The number of para-hydroxylation sites is 1. The summed E-state index contributed by atoms with van der Waals surface area (Å²) in [6.07, 6.45) is 3.08. The van der Waals surface area contributed by atoms with E-state index in [-0.39, 0.29) is 43.7 Å². The Morgan fingerprint density at radius 2 is 1.88 bits per heavy atom. The highest BCUT2D eigenvalue weighted by atomic mass is 35.5. The Balaban J connectivity index is 1.40. The highest BCUT2D eigenvalue weighted by molar-refractivity contribution is 7.89.